The molecule has 0 N–H and O–H groups in total. The van der Waals surface area contributed by atoms with Gasteiger partial charge in [0.15, 0.2) is 0 Å². The zero-order valence-corrected chi connectivity index (χ0v) is 35.5. The van der Waals surface area contributed by atoms with Gasteiger partial charge in [0.05, 0.1) is 28.1 Å². The van der Waals surface area contributed by atoms with Gasteiger partial charge in [0.2, 0.25) is 0 Å². The third-order valence-corrected chi connectivity index (χ3v) is 14.0. The summed E-state index contributed by atoms with van der Waals surface area (Å²) in [5.41, 5.74) is 22.2. The fourth-order valence-corrected chi connectivity index (χ4v) is 11.2. The van der Waals surface area contributed by atoms with Crippen LogP contribution in [0.15, 0.2) is 206 Å². The summed E-state index contributed by atoms with van der Waals surface area (Å²) in [5.74, 6) is 0. The van der Waals surface area contributed by atoms with E-state index >= 15 is 0 Å². The number of fused-ring (bicyclic) bond motifs is 9. The predicted molar refractivity (Wildman–Crippen MR) is 261 cm³/mol. The van der Waals surface area contributed by atoms with Crippen LogP contribution in [0.5, 0.6) is 0 Å². The molecule has 12 rings (SSSR count). The molecule has 296 valence electrons. The molecule has 2 aliphatic carbocycles. The van der Waals surface area contributed by atoms with Gasteiger partial charge in [-0.3, -0.25) is 0 Å². The van der Waals surface area contributed by atoms with Gasteiger partial charge in [-0.15, -0.1) is 0 Å². The van der Waals surface area contributed by atoms with E-state index in [1.165, 1.54) is 94.3 Å². The van der Waals surface area contributed by atoms with Gasteiger partial charge in [0.1, 0.15) is 0 Å². The van der Waals surface area contributed by atoms with E-state index < -0.39 is 0 Å². The van der Waals surface area contributed by atoms with Crippen LogP contribution in [0.3, 0.4) is 0 Å². The molecular weight excluding hydrogens is 749 g/mol. The van der Waals surface area contributed by atoms with Crippen molar-refractivity contribution in [1.29, 1.82) is 0 Å². The van der Waals surface area contributed by atoms with Crippen LogP contribution < -0.4 is 4.90 Å². The van der Waals surface area contributed by atoms with Gasteiger partial charge in [-0.25, -0.2) is 0 Å². The molecule has 0 atom stereocenters. The summed E-state index contributed by atoms with van der Waals surface area (Å²) in [7, 11) is 0. The van der Waals surface area contributed by atoms with Crippen molar-refractivity contribution in [2.75, 3.05) is 4.90 Å². The molecule has 0 saturated carbocycles. The van der Waals surface area contributed by atoms with Crippen molar-refractivity contribution >= 4 is 38.9 Å². The normalized spacial score (nSPS) is 14.1. The summed E-state index contributed by atoms with van der Waals surface area (Å²) in [6.07, 6.45) is 0. The molecule has 62 heavy (non-hydrogen) atoms. The Morgan fingerprint density at radius 2 is 0.758 bits per heavy atom. The zero-order chi connectivity index (χ0) is 41.7. The van der Waals surface area contributed by atoms with Gasteiger partial charge in [0.25, 0.3) is 0 Å². The van der Waals surface area contributed by atoms with E-state index in [0.717, 1.165) is 17.1 Å². The van der Waals surface area contributed by atoms with Crippen molar-refractivity contribution in [3.05, 3.63) is 229 Å². The lowest BCUT2D eigenvalue weighted by Crippen LogP contribution is -2.17. The van der Waals surface area contributed by atoms with Gasteiger partial charge < -0.3 is 9.47 Å². The van der Waals surface area contributed by atoms with Crippen molar-refractivity contribution in [3.8, 4) is 50.2 Å². The first-order chi connectivity index (χ1) is 30.3. The molecule has 0 amide bonds. The Hall–Kier alpha value is -7.42. The lowest BCUT2D eigenvalue weighted by atomic mass is 9.82. The monoisotopic (exact) mass is 794 g/mol. The highest BCUT2D eigenvalue weighted by Gasteiger charge is 2.40. The minimum atomic E-state index is -0.162. The van der Waals surface area contributed by atoms with Crippen molar-refractivity contribution in [2.24, 2.45) is 0 Å². The van der Waals surface area contributed by atoms with Gasteiger partial charge in [-0.2, -0.15) is 0 Å². The molecular formula is C60H46N2. The maximum absolute atomic E-state index is 2.58. The van der Waals surface area contributed by atoms with Gasteiger partial charge in [0, 0.05) is 49.5 Å². The van der Waals surface area contributed by atoms with Crippen LogP contribution in [0.25, 0.3) is 72.0 Å². The fraction of sp³-hybridized carbons (Fsp3) is 0.100. The molecule has 10 aromatic rings. The van der Waals surface area contributed by atoms with E-state index in [4.69, 9.17) is 0 Å². The van der Waals surface area contributed by atoms with Crippen LogP contribution in [0.4, 0.5) is 17.1 Å². The Morgan fingerprint density at radius 1 is 0.323 bits per heavy atom. The number of hydrogen-bond acceptors (Lipinski definition) is 1. The zero-order valence-electron chi connectivity index (χ0n) is 35.5. The van der Waals surface area contributed by atoms with Gasteiger partial charge in [-0.1, -0.05) is 198 Å². The molecule has 2 nitrogen and oxygen atoms in total. The van der Waals surface area contributed by atoms with Gasteiger partial charge in [-0.05, 0) is 80.9 Å². The smallest absolute Gasteiger partial charge is 0.0620 e. The van der Waals surface area contributed by atoms with Crippen LogP contribution in [-0.4, -0.2) is 4.57 Å². The van der Waals surface area contributed by atoms with Crippen molar-refractivity contribution in [1.82, 2.24) is 4.57 Å². The maximum Gasteiger partial charge on any atom is 0.0620 e. The average Bonchev–Trinajstić information content (AvgIpc) is 3.87. The molecule has 0 aliphatic heterocycles. The summed E-state index contributed by atoms with van der Waals surface area (Å²) in [6, 6.07) is 76.6. The topological polar surface area (TPSA) is 8.17 Å². The number of anilines is 3. The first kappa shape index (κ1) is 36.4. The Bertz CT molecular complexity index is 3420. The molecule has 9 aromatic carbocycles. The third-order valence-electron chi connectivity index (χ3n) is 14.0. The first-order valence-corrected chi connectivity index (χ1v) is 21.9. The molecule has 0 unspecified atom stereocenters. The Balaban J connectivity index is 1.19. The third kappa shape index (κ3) is 5.10. The SMILES string of the molecule is CC1(C)c2ccccc2-c2c(-c3ccccc3N(c3ccccc3-c3cccc4c5ccccc5n(-c5ccccc5)c34)c3cccc4c3-c3ccccc3C4(C)C)cccc21. The number of aromatic nitrogens is 1. The highest BCUT2D eigenvalue weighted by molar-refractivity contribution is 6.15. The Labute approximate surface area is 364 Å². The lowest BCUT2D eigenvalue weighted by Gasteiger charge is -2.32. The molecule has 0 saturated heterocycles. The molecule has 2 heteroatoms. The second-order valence-electron chi connectivity index (χ2n) is 18.0. The molecule has 0 fully saturated rings. The molecule has 0 radical (unpaired) electrons. The quantitative estimate of drug-likeness (QED) is 0.163. The number of hydrogen-bond donors (Lipinski definition) is 0. The number of nitrogens with zero attached hydrogens (tertiary/aromatic N) is 2. The predicted octanol–water partition coefficient (Wildman–Crippen LogP) is 16.2. The van der Waals surface area contributed by atoms with E-state index in [0.29, 0.717) is 0 Å². The molecule has 0 bridgehead atoms. The van der Waals surface area contributed by atoms with E-state index in [1.54, 1.807) is 0 Å². The van der Waals surface area contributed by atoms with Crippen LogP contribution in [-0.2, 0) is 10.8 Å². The van der Waals surface area contributed by atoms with E-state index in [2.05, 4.69) is 243 Å². The standard InChI is InChI=1S/C60H46N2/c1-59(2)48-31-13-8-26-46(48)56-43(28-19-33-50(56)59)40-23-10-16-36-53(40)62(55-38-20-34-51-57(55)47-27-9-14-32-49(47)60(51,3)4)54-37-17-12-25-42(54)45-30-18-29-44-41-24-11-15-35-52(41)61(58(44)45)39-21-6-5-7-22-39/h5-38H,1-4H3. The summed E-state index contributed by atoms with van der Waals surface area (Å²) < 4.78 is 2.46. The second kappa shape index (κ2) is 13.5. The highest BCUT2D eigenvalue weighted by atomic mass is 15.2. The molecule has 0 spiro atoms. The van der Waals surface area contributed by atoms with Crippen LogP contribution in [0, 0.1) is 0 Å². The summed E-state index contributed by atoms with van der Waals surface area (Å²) in [4.78, 5) is 2.58. The van der Waals surface area contributed by atoms with E-state index in [1.807, 2.05) is 0 Å². The lowest BCUT2D eigenvalue weighted by molar-refractivity contribution is 0.660. The van der Waals surface area contributed by atoms with Crippen LogP contribution >= 0.6 is 0 Å². The summed E-state index contributed by atoms with van der Waals surface area (Å²) in [5, 5.41) is 2.48. The largest absolute Gasteiger partial charge is 0.309 e. The average molecular weight is 795 g/mol. The number of para-hydroxylation sites is 5. The maximum atomic E-state index is 2.58. The molecule has 2 aliphatic rings. The summed E-state index contributed by atoms with van der Waals surface area (Å²) in [6.45, 7) is 9.50. The van der Waals surface area contributed by atoms with Crippen LogP contribution in [0.1, 0.15) is 49.9 Å². The number of benzene rings is 9. The van der Waals surface area contributed by atoms with Crippen molar-refractivity contribution < 1.29 is 0 Å². The Morgan fingerprint density at radius 3 is 1.45 bits per heavy atom. The molecule has 1 aromatic heterocycles. The molecule has 1 heterocycles. The highest BCUT2D eigenvalue weighted by Crippen LogP contribution is 2.58. The van der Waals surface area contributed by atoms with Crippen molar-refractivity contribution in [2.45, 2.75) is 38.5 Å². The van der Waals surface area contributed by atoms with Crippen molar-refractivity contribution in [3.63, 3.8) is 0 Å². The fourth-order valence-electron chi connectivity index (χ4n) is 11.2. The minimum absolute atomic E-state index is 0.116. The van der Waals surface area contributed by atoms with Crippen LogP contribution in [0.2, 0.25) is 0 Å². The van der Waals surface area contributed by atoms with Gasteiger partial charge >= 0.3 is 0 Å². The Kier molecular flexibility index (Phi) is 7.96. The number of rotatable bonds is 6. The minimum Gasteiger partial charge on any atom is -0.309 e. The van der Waals surface area contributed by atoms with E-state index in [9.17, 15) is 0 Å². The first-order valence-electron chi connectivity index (χ1n) is 21.9. The van der Waals surface area contributed by atoms with E-state index in [-0.39, 0.29) is 10.8 Å². The summed E-state index contributed by atoms with van der Waals surface area (Å²) >= 11 is 0. The second-order valence-corrected chi connectivity index (χ2v) is 18.0.